The van der Waals surface area contributed by atoms with E-state index in [1.165, 1.54) is 12.1 Å². The van der Waals surface area contributed by atoms with Gasteiger partial charge in [-0.1, -0.05) is 12.1 Å². The van der Waals surface area contributed by atoms with Crippen molar-refractivity contribution in [3.63, 3.8) is 0 Å². The average molecular weight is 332 g/mol. The second-order valence-corrected chi connectivity index (χ2v) is 5.72. The van der Waals surface area contributed by atoms with Crippen LogP contribution in [-0.4, -0.2) is 50.4 Å². The molecule has 2 rings (SSSR count). The van der Waals surface area contributed by atoms with Crippen molar-refractivity contribution in [3.8, 4) is 0 Å². The molecule has 1 aromatic carbocycles. The Morgan fingerprint density at radius 1 is 1.30 bits per heavy atom. The number of alkyl halides is 3. The summed E-state index contributed by atoms with van der Waals surface area (Å²) in [6, 6.07) is 5.36. The fraction of sp³-hybridized carbons (Fsp3) is 0.625. The Balaban J connectivity index is 2.01. The minimum absolute atomic E-state index is 0.0437. The van der Waals surface area contributed by atoms with Crippen molar-refractivity contribution in [1.82, 2.24) is 4.90 Å². The third-order valence-corrected chi connectivity index (χ3v) is 3.74. The van der Waals surface area contributed by atoms with Gasteiger partial charge in [0.2, 0.25) is 0 Å². The molecule has 130 valence electrons. The zero-order valence-electron chi connectivity index (χ0n) is 13.2. The predicted molar refractivity (Wildman–Crippen MR) is 81.0 cm³/mol. The van der Waals surface area contributed by atoms with Crippen LogP contribution in [0.4, 0.5) is 13.2 Å². The van der Waals surface area contributed by atoms with Crippen molar-refractivity contribution in [1.29, 1.82) is 0 Å². The number of hydrogen-bond acceptors (Lipinski definition) is 4. The Kier molecular flexibility index (Phi) is 6.41. The molecular weight excluding hydrogens is 309 g/mol. The summed E-state index contributed by atoms with van der Waals surface area (Å²) in [5, 5.41) is 0. The Labute approximate surface area is 134 Å². The van der Waals surface area contributed by atoms with Crippen LogP contribution in [0.15, 0.2) is 24.3 Å². The lowest BCUT2D eigenvalue weighted by molar-refractivity contribution is -0.137. The number of hydrogen-bond donors (Lipinski definition) is 1. The van der Waals surface area contributed by atoms with Crippen molar-refractivity contribution in [2.45, 2.75) is 25.3 Å². The molecule has 0 bridgehead atoms. The molecule has 2 unspecified atom stereocenters. The highest BCUT2D eigenvalue weighted by molar-refractivity contribution is 5.27. The molecule has 7 heteroatoms. The fourth-order valence-corrected chi connectivity index (χ4v) is 2.70. The summed E-state index contributed by atoms with van der Waals surface area (Å²) in [6.45, 7) is 5.47. The van der Waals surface area contributed by atoms with Gasteiger partial charge in [0.1, 0.15) is 0 Å². The normalized spacial score (nSPS) is 23.2. The van der Waals surface area contributed by atoms with Crippen LogP contribution in [0.3, 0.4) is 0 Å². The van der Waals surface area contributed by atoms with Crippen molar-refractivity contribution in [2.75, 3.05) is 39.4 Å². The number of morpholine rings is 1. The summed E-state index contributed by atoms with van der Waals surface area (Å²) >= 11 is 0. The quantitative estimate of drug-likeness (QED) is 0.813. The van der Waals surface area contributed by atoms with Gasteiger partial charge in [0.05, 0.1) is 31.0 Å². The molecule has 1 saturated heterocycles. The van der Waals surface area contributed by atoms with Gasteiger partial charge in [-0.25, -0.2) is 0 Å². The standard InChI is InChI=1S/C16H23F3N2O2/c1-12-10-21(6-8-22-7-5-20)11-15(23-12)13-3-2-4-14(9-13)16(17,18)19/h2-4,9,12,15H,5-8,10-11,20H2,1H3. The molecule has 1 aliphatic heterocycles. The van der Waals surface area contributed by atoms with Gasteiger partial charge in [-0.3, -0.25) is 4.90 Å². The largest absolute Gasteiger partial charge is 0.416 e. The molecule has 1 fully saturated rings. The van der Waals surface area contributed by atoms with Gasteiger partial charge in [0.25, 0.3) is 0 Å². The summed E-state index contributed by atoms with van der Waals surface area (Å²) in [5.41, 5.74) is 5.28. The number of rotatable bonds is 6. The molecule has 2 atom stereocenters. The van der Waals surface area contributed by atoms with E-state index in [9.17, 15) is 13.2 Å². The Morgan fingerprint density at radius 2 is 2.09 bits per heavy atom. The minimum atomic E-state index is -4.34. The highest BCUT2D eigenvalue weighted by atomic mass is 19.4. The third kappa shape index (κ3) is 5.46. The van der Waals surface area contributed by atoms with Crippen LogP contribution in [-0.2, 0) is 15.7 Å². The first-order valence-electron chi connectivity index (χ1n) is 7.73. The zero-order chi connectivity index (χ0) is 16.9. The number of nitrogens with two attached hydrogens (primary N) is 1. The summed E-state index contributed by atoms with van der Waals surface area (Å²) < 4.78 is 49.7. The first-order valence-corrected chi connectivity index (χ1v) is 7.73. The van der Waals surface area contributed by atoms with Gasteiger partial charge < -0.3 is 15.2 Å². The van der Waals surface area contributed by atoms with Crippen LogP contribution < -0.4 is 5.73 Å². The van der Waals surface area contributed by atoms with E-state index in [2.05, 4.69) is 4.90 Å². The van der Waals surface area contributed by atoms with Crippen LogP contribution in [0.2, 0.25) is 0 Å². The molecule has 1 aromatic rings. The monoisotopic (exact) mass is 332 g/mol. The molecule has 0 aromatic heterocycles. The first kappa shape index (κ1) is 18.2. The lowest BCUT2D eigenvalue weighted by Crippen LogP contribution is -2.44. The maximum atomic E-state index is 12.8. The number of benzene rings is 1. The van der Waals surface area contributed by atoms with Crippen molar-refractivity contribution < 1.29 is 22.6 Å². The van der Waals surface area contributed by atoms with E-state index < -0.39 is 11.7 Å². The topological polar surface area (TPSA) is 47.7 Å². The van der Waals surface area contributed by atoms with Crippen LogP contribution >= 0.6 is 0 Å². The molecule has 0 aliphatic carbocycles. The number of ether oxygens (including phenoxy) is 2. The van der Waals surface area contributed by atoms with E-state index in [-0.39, 0.29) is 12.2 Å². The maximum absolute atomic E-state index is 12.8. The smallest absolute Gasteiger partial charge is 0.379 e. The van der Waals surface area contributed by atoms with Crippen molar-refractivity contribution >= 4 is 0 Å². The fourth-order valence-electron chi connectivity index (χ4n) is 2.70. The van der Waals surface area contributed by atoms with E-state index in [1.807, 2.05) is 6.92 Å². The van der Waals surface area contributed by atoms with Crippen LogP contribution in [0, 0.1) is 0 Å². The molecule has 1 aliphatic rings. The summed E-state index contributed by atoms with van der Waals surface area (Å²) in [4.78, 5) is 2.15. The van der Waals surface area contributed by atoms with E-state index >= 15 is 0 Å². The number of halogens is 3. The minimum Gasteiger partial charge on any atom is -0.379 e. The van der Waals surface area contributed by atoms with Gasteiger partial charge in [-0.05, 0) is 24.6 Å². The summed E-state index contributed by atoms with van der Waals surface area (Å²) in [5.74, 6) is 0. The lowest BCUT2D eigenvalue weighted by Gasteiger charge is -2.37. The van der Waals surface area contributed by atoms with E-state index in [1.54, 1.807) is 6.07 Å². The Bertz CT molecular complexity index is 496. The molecule has 0 amide bonds. The van der Waals surface area contributed by atoms with E-state index in [0.717, 1.165) is 12.6 Å². The summed E-state index contributed by atoms with van der Waals surface area (Å²) in [7, 11) is 0. The summed E-state index contributed by atoms with van der Waals surface area (Å²) in [6.07, 6.45) is -4.75. The number of nitrogens with zero attached hydrogens (tertiary/aromatic N) is 1. The lowest BCUT2D eigenvalue weighted by atomic mass is 10.0. The van der Waals surface area contributed by atoms with Gasteiger partial charge in [0, 0.05) is 26.2 Å². The highest BCUT2D eigenvalue weighted by Gasteiger charge is 2.32. The second kappa shape index (κ2) is 8.10. The SMILES string of the molecule is CC1CN(CCOCCN)CC(c2cccc(C(F)(F)F)c2)O1. The van der Waals surface area contributed by atoms with Gasteiger partial charge in [-0.2, -0.15) is 13.2 Å². The molecule has 4 nitrogen and oxygen atoms in total. The molecule has 0 spiro atoms. The third-order valence-electron chi connectivity index (χ3n) is 3.74. The van der Waals surface area contributed by atoms with E-state index in [0.29, 0.717) is 38.4 Å². The zero-order valence-corrected chi connectivity index (χ0v) is 13.2. The van der Waals surface area contributed by atoms with E-state index in [4.69, 9.17) is 15.2 Å². The molecule has 1 heterocycles. The Hall–Kier alpha value is -1.15. The van der Waals surface area contributed by atoms with Crippen LogP contribution in [0.5, 0.6) is 0 Å². The van der Waals surface area contributed by atoms with Crippen LogP contribution in [0.25, 0.3) is 0 Å². The average Bonchev–Trinajstić information content (AvgIpc) is 2.50. The maximum Gasteiger partial charge on any atom is 0.416 e. The Morgan fingerprint density at radius 3 is 2.78 bits per heavy atom. The molecular formula is C16H23F3N2O2. The molecule has 0 radical (unpaired) electrons. The highest BCUT2D eigenvalue weighted by Crippen LogP contribution is 2.32. The van der Waals surface area contributed by atoms with Crippen LogP contribution in [0.1, 0.15) is 24.2 Å². The van der Waals surface area contributed by atoms with Gasteiger partial charge in [0.15, 0.2) is 0 Å². The van der Waals surface area contributed by atoms with Crippen molar-refractivity contribution in [2.24, 2.45) is 5.73 Å². The first-order chi connectivity index (χ1) is 10.9. The van der Waals surface area contributed by atoms with Crippen molar-refractivity contribution in [3.05, 3.63) is 35.4 Å². The van der Waals surface area contributed by atoms with Gasteiger partial charge >= 0.3 is 6.18 Å². The van der Waals surface area contributed by atoms with Gasteiger partial charge in [-0.15, -0.1) is 0 Å². The molecule has 0 saturated carbocycles. The molecule has 23 heavy (non-hydrogen) atoms. The second-order valence-electron chi connectivity index (χ2n) is 5.72. The molecule has 2 N–H and O–H groups in total. The predicted octanol–water partition coefficient (Wildman–Crippen LogP) is 2.44.